The number of nitrogens with zero attached hydrogens (tertiary/aromatic N) is 2. The molecule has 4 nitrogen and oxygen atoms in total. The molecule has 2 rings (SSSR count). The highest BCUT2D eigenvalue weighted by Gasteiger charge is 2.05. The summed E-state index contributed by atoms with van der Waals surface area (Å²) < 4.78 is 0. The number of anilines is 2. The predicted octanol–water partition coefficient (Wildman–Crippen LogP) is 2.44. The van der Waals surface area contributed by atoms with Crippen molar-refractivity contribution in [2.24, 2.45) is 5.73 Å². The molecular formula is C14H16N4. The Bertz CT molecular complexity index is 543. The van der Waals surface area contributed by atoms with Crippen LogP contribution in [0.25, 0.3) is 0 Å². The standard InChI is InChI=1S/C14H16N4/c1-10-3-5-11(6-4-10)18(2)12-7-8-13(14(15)16)17-9-12/h3-9H,1-2H3,(H3,15,16). The highest BCUT2D eigenvalue weighted by molar-refractivity contribution is 5.93. The molecule has 0 atom stereocenters. The average Bonchev–Trinajstić information content (AvgIpc) is 2.39. The molecule has 0 aliphatic carbocycles. The second-order valence-corrected chi connectivity index (χ2v) is 4.21. The molecule has 2 aromatic rings. The molecule has 0 saturated carbocycles. The second-order valence-electron chi connectivity index (χ2n) is 4.21. The molecule has 4 heteroatoms. The Labute approximate surface area is 107 Å². The van der Waals surface area contributed by atoms with E-state index in [2.05, 4.69) is 36.2 Å². The van der Waals surface area contributed by atoms with Crippen LogP contribution in [-0.2, 0) is 0 Å². The molecule has 92 valence electrons. The number of hydrogen-bond acceptors (Lipinski definition) is 3. The third kappa shape index (κ3) is 2.48. The normalized spacial score (nSPS) is 10.1. The first-order valence-electron chi connectivity index (χ1n) is 5.69. The molecule has 18 heavy (non-hydrogen) atoms. The molecule has 0 saturated heterocycles. The zero-order valence-corrected chi connectivity index (χ0v) is 10.5. The van der Waals surface area contributed by atoms with Crippen LogP contribution in [0.15, 0.2) is 42.6 Å². The van der Waals surface area contributed by atoms with Gasteiger partial charge in [0.05, 0.1) is 11.9 Å². The number of pyridine rings is 1. The van der Waals surface area contributed by atoms with E-state index in [0.717, 1.165) is 11.4 Å². The van der Waals surface area contributed by atoms with Crippen LogP contribution < -0.4 is 10.6 Å². The van der Waals surface area contributed by atoms with Crippen LogP contribution in [0.1, 0.15) is 11.3 Å². The molecule has 0 amide bonds. The smallest absolute Gasteiger partial charge is 0.141 e. The summed E-state index contributed by atoms with van der Waals surface area (Å²) in [5.41, 5.74) is 9.16. The molecule has 0 radical (unpaired) electrons. The number of nitrogens with two attached hydrogens (primary N) is 1. The van der Waals surface area contributed by atoms with E-state index in [4.69, 9.17) is 11.1 Å². The number of amidine groups is 1. The van der Waals surface area contributed by atoms with Gasteiger partial charge in [-0.1, -0.05) is 17.7 Å². The molecule has 0 unspecified atom stereocenters. The van der Waals surface area contributed by atoms with Crippen LogP contribution >= 0.6 is 0 Å². The van der Waals surface area contributed by atoms with E-state index in [1.807, 2.05) is 18.0 Å². The molecule has 0 aliphatic rings. The molecule has 3 N–H and O–H groups in total. The van der Waals surface area contributed by atoms with Crippen molar-refractivity contribution in [2.45, 2.75) is 6.92 Å². The van der Waals surface area contributed by atoms with Crippen molar-refractivity contribution in [3.05, 3.63) is 53.9 Å². The van der Waals surface area contributed by atoms with Crippen LogP contribution in [0, 0.1) is 12.3 Å². The van der Waals surface area contributed by atoms with Gasteiger partial charge in [0, 0.05) is 12.7 Å². The minimum Gasteiger partial charge on any atom is -0.382 e. The summed E-state index contributed by atoms with van der Waals surface area (Å²) in [6.45, 7) is 2.06. The Morgan fingerprint density at radius 1 is 1.11 bits per heavy atom. The minimum atomic E-state index is -0.0143. The molecule has 0 fully saturated rings. The fourth-order valence-corrected chi connectivity index (χ4v) is 1.66. The fraction of sp³-hybridized carbons (Fsp3) is 0.143. The summed E-state index contributed by atoms with van der Waals surface area (Å²) >= 11 is 0. The van der Waals surface area contributed by atoms with Gasteiger partial charge in [-0.25, -0.2) is 0 Å². The van der Waals surface area contributed by atoms with Crippen molar-refractivity contribution >= 4 is 17.2 Å². The van der Waals surface area contributed by atoms with E-state index >= 15 is 0 Å². The molecule has 0 aliphatic heterocycles. The summed E-state index contributed by atoms with van der Waals surface area (Å²) in [5.74, 6) is -0.0143. The summed E-state index contributed by atoms with van der Waals surface area (Å²) in [7, 11) is 1.98. The Morgan fingerprint density at radius 2 is 1.72 bits per heavy atom. The first-order valence-corrected chi connectivity index (χ1v) is 5.69. The Morgan fingerprint density at radius 3 is 2.22 bits per heavy atom. The van der Waals surface area contributed by atoms with Crippen LogP contribution in [0.5, 0.6) is 0 Å². The summed E-state index contributed by atoms with van der Waals surface area (Å²) in [4.78, 5) is 6.19. The summed E-state index contributed by atoms with van der Waals surface area (Å²) in [5, 5.41) is 7.30. The number of aryl methyl sites for hydroxylation is 1. The molecule has 0 spiro atoms. The lowest BCUT2D eigenvalue weighted by molar-refractivity contribution is 1.16. The summed E-state index contributed by atoms with van der Waals surface area (Å²) in [6, 6.07) is 11.9. The van der Waals surface area contributed by atoms with E-state index in [1.54, 1.807) is 12.3 Å². The lowest BCUT2D eigenvalue weighted by Crippen LogP contribution is -2.14. The number of benzene rings is 1. The number of nitrogens with one attached hydrogen (secondary N) is 1. The average molecular weight is 240 g/mol. The largest absolute Gasteiger partial charge is 0.382 e. The first-order chi connectivity index (χ1) is 8.58. The van der Waals surface area contributed by atoms with Gasteiger partial charge in [-0.3, -0.25) is 10.4 Å². The van der Waals surface area contributed by atoms with Gasteiger partial charge in [0.2, 0.25) is 0 Å². The molecular weight excluding hydrogens is 224 g/mol. The topological polar surface area (TPSA) is 66.0 Å². The van der Waals surface area contributed by atoms with E-state index in [9.17, 15) is 0 Å². The number of aromatic nitrogens is 1. The van der Waals surface area contributed by atoms with Gasteiger partial charge in [-0.05, 0) is 31.2 Å². The number of nitrogen functional groups attached to an aromatic ring is 1. The van der Waals surface area contributed by atoms with E-state index in [0.29, 0.717) is 5.69 Å². The lowest BCUT2D eigenvalue weighted by atomic mass is 10.2. The van der Waals surface area contributed by atoms with Gasteiger partial charge >= 0.3 is 0 Å². The van der Waals surface area contributed by atoms with Crippen molar-refractivity contribution in [1.29, 1.82) is 5.41 Å². The van der Waals surface area contributed by atoms with Crippen LogP contribution in [0.2, 0.25) is 0 Å². The van der Waals surface area contributed by atoms with Gasteiger partial charge in [0.1, 0.15) is 11.5 Å². The quantitative estimate of drug-likeness (QED) is 0.639. The third-order valence-corrected chi connectivity index (χ3v) is 2.83. The highest BCUT2D eigenvalue weighted by atomic mass is 15.1. The van der Waals surface area contributed by atoms with Crippen molar-refractivity contribution in [3.8, 4) is 0 Å². The van der Waals surface area contributed by atoms with Gasteiger partial charge < -0.3 is 10.6 Å². The van der Waals surface area contributed by atoms with E-state index in [1.165, 1.54) is 5.56 Å². The van der Waals surface area contributed by atoms with Crippen molar-refractivity contribution in [3.63, 3.8) is 0 Å². The maximum Gasteiger partial charge on any atom is 0.141 e. The number of rotatable bonds is 3. The molecule has 1 aromatic heterocycles. The maximum atomic E-state index is 7.30. The SMILES string of the molecule is Cc1ccc(N(C)c2ccc(C(=N)N)nc2)cc1. The van der Waals surface area contributed by atoms with Crippen LogP contribution in [0.3, 0.4) is 0 Å². The number of hydrogen-bond donors (Lipinski definition) is 2. The molecule has 1 aromatic carbocycles. The van der Waals surface area contributed by atoms with Crippen LogP contribution in [-0.4, -0.2) is 17.9 Å². The van der Waals surface area contributed by atoms with Gasteiger partial charge in [0.25, 0.3) is 0 Å². The predicted molar refractivity (Wildman–Crippen MR) is 74.5 cm³/mol. The van der Waals surface area contributed by atoms with Gasteiger partial charge in [0.15, 0.2) is 0 Å². The van der Waals surface area contributed by atoms with Gasteiger partial charge in [-0.2, -0.15) is 0 Å². The monoisotopic (exact) mass is 240 g/mol. The third-order valence-electron chi connectivity index (χ3n) is 2.83. The van der Waals surface area contributed by atoms with Crippen molar-refractivity contribution in [1.82, 2.24) is 4.98 Å². The first kappa shape index (κ1) is 12.1. The second kappa shape index (κ2) is 4.87. The van der Waals surface area contributed by atoms with Crippen molar-refractivity contribution in [2.75, 3.05) is 11.9 Å². The highest BCUT2D eigenvalue weighted by Crippen LogP contribution is 2.22. The Kier molecular flexibility index (Phi) is 3.28. The zero-order valence-electron chi connectivity index (χ0n) is 10.5. The minimum absolute atomic E-state index is 0.0143. The molecule has 1 heterocycles. The van der Waals surface area contributed by atoms with E-state index < -0.39 is 0 Å². The molecule has 0 bridgehead atoms. The van der Waals surface area contributed by atoms with Crippen molar-refractivity contribution < 1.29 is 0 Å². The summed E-state index contributed by atoms with van der Waals surface area (Å²) in [6.07, 6.45) is 1.72. The maximum absolute atomic E-state index is 7.30. The van der Waals surface area contributed by atoms with Crippen LogP contribution in [0.4, 0.5) is 11.4 Å². The van der Waals surface area contributed by atoms with E-state index in [-0.39, 0.29) is 5.84 Å². The van der Waals surface area contributed by atoms with Gasteiger partial charge in [-0.15, -0.1) is 0 Å². The Hall–Kier alpha value is -2.36. The fourth-order valence-electron chi connectivity index (χ4n) is 1.66. The lowest BCUT2D eigenvalue weighted by Gasteiger charge is -2.19. The Balaban J connectivity index is 2.25. The zero-order chi connectivity index (χ0) is 13.1.